The first kappa shape index (κ1) is 14.5. The third kappa shape index (κ3) is 4.32. The molecule has 0 aliphatic heterocycles. The molecule has 0 fully saturated rings. The lowest BCUT2D eigenvalue weighted by molar-refractivity contribution is 0.645. The molecule has 0 saturated heterocycles. The minimum atomic E-state index is 0.248. The maximum atomic E-state index is 6.06. The Hall–Kier alpha value is -0.540. The quantitative estimate of drug-likeness (QED) is 0.870. The average molecular weight is 299 g/mol. The summed E-state index contributed by atoms with van der Waals surface area (Å²) in [6.07, 6.45) is 3.12. The van der Waals surface area contributed by atoms with E-state index in [1.54, 1.807) is 0 Å². The number of anilines is 1. The van der Waals surface area contributed by atoms with Crippen LogP contribution in [0.4, 0.5) is 5.69 Å². The number of hydrogen-bond acceptors (Lipinski definition) is 2. The molecule has 2 N–H and O–H groups in total. The van der Waals surface area contributed by atoms with Gasteiger partial charge < -0.3 is 10.6 Å². The molecule has 0 radical (unpaired) electrons. The summed E-state index contributed by atoms with van der Waals surface area (Å²) >= 11 is 3.54. The molecule has 1 unspecified atom stereocenters. The first-order valence-corrected chi connectivity index (χ1v) is 7.12. The number of hydrogen-bond donors (Lipinski definition) is 1. The van der Waals surface area contributed by atoms with E-state index in [9.17, 15) is 0 Å². The van der Waals surface area contributed by atoms with Crippen LogP contribution in [0.5, 0.6) is 0 Å². The van der Waals surface area contributed by atoms with Crippen molar-refractivity contribution < 1.29 is 0 Å². The van der Waals surface area contributed by atoms with Gasteiger partial charge in [-0.1, -0.05) is 29.8 Å². The van der Waals surface area contributed by atoms with Crippen molar-refractivity contribution in [1.29, 1.82) is 0 Å². The zero-order valence-electron chi connectivity index (χ0n) is 11.0. The standard InChI is InChI=1S/C14H23BrN2/c1-4-8-17(3)14-7-6-12(15)9-11(14)10-13(16)5-2/h6-7,9,13H,4-5,8,10,16H2,1-3H3. The van der Waals surface area contributed by atoms with Gasteiger partial charge in [0, 0.05) is 29.8 Å². The smallest absolute Gasteiger partial charge is 0.0397 e. The molecule has 1 aromatic carbocycles. The minimum Gasteiger partial charge on any atom is -0.374 e. The molecule has 0 aromatic heterocycles. The fraction of sp³-hybridized carbons (Fsp3) is 0.571. The normalized spacial score (nSPS) is 12.5. The van der Waals surface area contributed by atoms with Crippen LogP contribution in [0.3, 0.4) is 0 Å². The lowest BCUT2D eigenvalue weighted by Gasteiger charge is -2.23. The molecule has 0 aliphatic rings. The first-order valence-electron chi connectivity index (χ1n) is 6.33. The molecule has 0 bridgehead atoms. The van der Waals surface area contributed by atoms with Crippen molar-refractivity contribution in [3.8, 4) is 0 Å². The highest BCUT2D eigenvalue weighted by molar-refractivity contribution is 9.10. The van der Waals surface area contributed by atoms with Crippen LogP contribution in [-0.4, -0.2) is 19.6 Å². The number of nitrogens with two attached hydrogens (primary N) is 1. The summed E-state index contributed by atoms with van der Waals surface area (Å²) in [7, 11) is 2.15. The van der Waals surface area contributed by atoms with E-state index in [2.05, 4.69) is 59.9 Å². The van der Waals surface area contributed by atoms with Crippen molar-refractivity contribution in [3.63, 3.8) is 0 Å². The van der Waals surface area contributed by atoms with Crippen molar-refractivity contribution in [1.82, 2.24) is 0 Å². The molecule has 2 nitrogen and oxygen atoms in total. The third-order valence-electron chi connectivity index (χ3n) is 3.02. The molecular weight excluding hydrogens is 276 g/mol. The van der Waals surface area contributed by atoms with Gasteiger partial charge in [0.2, 0.25) is 0 Å². The number of rotatable bonds is 6. The van der Waals surface area contributed by atoms with Gasteiger partial charge in [0.15, 0.2) is 0 Å². The Morgan fingerprint density at radius 2 is 2.06 bits per heavy atom. The third-order valence-corrected chi connectivity index (χ3v) is 3.51. The lowest BCUT2D eigenvalue weighted by atomic mass is 10.0. The highest BCUT2D eigenvalue weighted by Crippen LogP contribution is 2.25. The second kappa shape index (κ2) is 7.02. The Bertz CT molecular complexity index is 352. The van der Waals surface area contributed by atoms with Crippen LogP contribution in [0.1, 0.15) is 32.3 Å². The van der Waals surface area contributed by atoms with E-state index in [0.29, 0.717) is 0 Å². The van der Waals surface area contributed by atoms with Crippen molar-refractivity contribution in [2.24, 2.45) is 5.73 Å². The van der Waals surface area contributed by atoms with E-state index >= 15 is 0 Å². The van der Waals surface area contributed by atoms with Crippen LogP contribution in [0.2, 0.25) is 0 Å². The fourth-order valence-electron chi connectivity index (χ4n) is 1.97. The van der Waals surface area contributed by atoms with E-state index in [4.69, 9.17) is 5.73 Å². The van der Waals surface area contributed by atoms with Gasteiger partial charge in [-0.3, -0.25) is 0 Å². The number of nitrogens with zero attached hydrogens (tertiary/aromatic N) is 1. The van der Waals surface area contributed by atoms with Crippen LogP contribution in [0.15, 0.2) is 22.7 Å². The van der Waals surface area contributed by atoms with Crippen molar-refractivity contribution in [2.75, 3.05) is 18.5 Å². The van der Waals surface area contributed by atoms with Gasteiger partial charge in [0.05, 0.1) is 0 Å². The highest BCUT2D eigenvalue weighted by atomic mass is 79.9. The second-order valence-electron chi connectivity index (χ2n) is 4.57. The molecule has 17 heavy (non-hydrogen) atoms. The Morgan fingerprint density at radius 1 is 1.35 bits per heavy atom. The summed E-state index contributed by atoms with van der Waals surface area (Å²) in [4.78, 5) is 2.31. The number of halogens is 1. The summed E-state index contributed by atoms with van der Waals surface area (Å²) in [6.45, 7) is 5.42. The second-order valence-corrected chi connectivity index (χ2v) is 5.48. The summed E-state index contributed by atoms with van der Waals surface area (Å²) in [6, 6.07) is 6.72. The summed E-state index contributed by atoms with van der Waals surface area (Å²) in [5, 5.41) is 0. The zero-order valence-corrected chi connectivity index (χ0v) is 12.6. The SMILES string of the molecule is CCCN(C)c1ccc(Br)cc1CC(N)CC. The van der Waals surface area contributed by atoms with E-state index in [1.807, 2.05) is 0 Å². The molecule has 0 aliphatic carbocycles. The van der Waals surface area contributed by atoms with E-state index < -0.39 is 0 Å². The first-order chi connectivity index (χ1) is 8.08. The van der Waals surface area contributed by atoms with Gasteiger partial charge in [-0.25, -0.2) is 0 Å². The van der Waals surface area contributed by atoms with Crippen LogP contribution in [0, 0.1) is 0 Å². The Balaban J connectivity index is 2.94. The van der Waals surface area contributed by atoms with Crippen molar-refractivity contribution in [3.05, 3.63) is 28.2 Å². The molecule has 1 rings (SSSR count). The molecule has 0 amide bonds. The van der Waals surface area contributed by atoms with Crippen LogP contribution in [-0.2, 0) is 6.42 Å². The number of benzene rings is 1. The minimum absolute atomic E-state index is 0.248. The molecular formula is C14H23BrN2. The van der Waals surface area contributed by atoms with Crippen LogP contribution < -0.4 is 10.6 Å². The van der Waals surface area contributed by atoms with Crippen molar-refractivity contribution >= 4 is 21.6 Å². The zero-order chi connectivity index (χ0) is 12.8. The average Bonchev–Trinajstić information content (AvgIpc) is 2.29. The molecule has 96 valence electrons. The monoisotopic (exact) mass is 298 g/mol. The molecule has 0 spiro atoms. The predicted octanol–water partition coefficient (Wildman–Crippen LogP) is 3.58. The largest absolute Gasteiger partial charge is 0.374 e. The van der Waals surface area contributed by atoms with Gasteiger partial charge in [0.25, 0.3) is 0 Å². The van der Waals surface area contributed by atoms with E-state index in [1.165, 1.54) is 11.3 Å². The maximum Gasteiger partial charge on any atom is 0.0397 e. The Kier molecular flexibility index (Phi) is 6.00. The Labute approximate surface area is 113 Å². The lowest BCUT2D eigenvalue weighted by Crippen LogP contribution is -2.24. The molecule has 3 heteroatoms. The van der Waals surface area contributed by atoms with Crippen LogP contribution in [0.25, 0.3) is 0 Å². The fourth-order valence-corrected chi connectivity index (χ4v) is 2.38. The maximum absolute atomic E-state index is 6.06. The van der Waals surface area contributed by atoms with Crippen molar-refractivity contribution in [2.45, 2.75) is 39.2 Å². The van der Waals surface area contributed by atoms with Gasteiger partial charge in [-0.15, -0.1) is 0 Å². The van der Waals surface area contributed by atoms with Gasteiger partial charge in [0.1, 0.15) is 0 Å². The predicted molar refractivity (Wildman–Crippen MR) is 79.7 cm³/mol. The molecule has 0 heterocycles. The topological polar surface area (TPSA) is 29.3 Å². The Morgan fingerprint density at radius 3 is 2.65 bits per heavy atom. The van der Waals surface area contributed by atoms with E-state index in [0.717, 1.165) is 30.3 Å². The molecule has 0 saturated carbocycles. The van der Waals surface area contributed by atoms with Crippen LogP contribution >= 0.6 is 15.9 Å². The highest BCUT2D eigenvalue weighted by Gasteiger charge is 2.10. The summed E-state index contributed by atoms with van der Waals surface area (Å²) < 4.78 is 1.13. The van der Waals surface area contributed by atoms with Gasteiger partial charge >= 0.3 is 0 Å². The van der Waals surface area contributed by atoms with Gasteiger partial charge in [-0.05, 0) is 43.0 Å². The summed E-state index contributed by atoms with van der Waals surface area (Å²) in [5.41, 5.74) is 8.71. The summed E-state index contributed by atoms with van der Waals surface area (Å²) in [5.74, 6) is 0. The molecule has 1 atom stereocenters. The van der Waals surface area contributed by atoms with E-state index in [-0.39, 0.29) is 6.04 Å². The molecule has 1 aromatic rings. The van der Waals surface area contributed by atoms with Gasteiger partial charge in [-0.2, -0.15) is 0 Å².